The lowest BCUT2D eigenvalue weighted by molar-refractivity contribution is 0.102. The number of amides is 1. The summed E-state index contributed by atoms with van der Waals surface area (Å²) in [7, 11) is 3.96. The molecule has 0 fully saturated rings. The van der Waals surface area contributed by atoms with Gasteiger partial charge < -0.3 is 15.0 Å². The first-order valence-electron chi connectivity index (χ1n) is 8.34. The molecule has 6 nitrogen and oxygen atoms in total. The number of aromatic nitrogens is 2. The van der Waals surface area contributed by atoms with Gasteiger partial charge in [0.15, 0.2) is 0 Å². The fraction of sp³-hybridized carbons (Fsp3) is 0.444. The smallest absolute Gasteiger partial charge is 0.262 e. The van der Waals surface area contributed by atoms with Gasteiger partial charge in [0.2, 0.25) is 5.88 Å². The van der Waals surface area contributed by atoms with Crippen molar-refractivity contribution in [2.24, 2.45) is 0 Å². The van der Waals surface area contributed by atoms with E-state index in [1.165, 1.54) is 0 Å². The van der Waals surface area contributed by atoms with Crippen molar-refractivity contribution in [1.29, 1.82) is 0 Å². The van der Waals surface area contributed by atoms with E-state index in [1.54, 1.807) is 10.9 Å². The molecule has 1 N–H and O–H groups in total. The standard InChI is InChI=1S/C18H26N4O2/c1-5-11-22-13-16(18(20-22)24-12-6-2)17(23)19-14-7-9-15(10-8-14)21(3)4/h7-10,13H,5-6,11-12H2,1-4H3,(H,19,23). The molecule has 0 bridgehead atoms. The molecule has 0 aliphatic carbocycles. The maximum atomic E-state index is 12.6. The zero-order valence-corrected chi connectivity index (χ0v) is 14.9. The number of anilines is 2. The molecule has 1 aromatic heterocycles. The van der Waals surface area contributed by atoms with E-state index in [0.717, 1.165) is 30.8 Å². The second-order valence-electron chi connectivity index (χ2n) is 5.85. The molecule has 0 aliphatic rings. The zero-order valence-electron chi connectivity index (χ0n) is 14.9. The van der Waals surface area contributed by atoms with Gasteiger partial charge in [-0.15, -0.1) is 5.10 Å². The number of ether oxygens (including phenoxy) is 1. The van der Waals surface area contributed by atoms with Crippen molar-refractivity contribution in [1.82, 2.24) is 9.78 Å². The quantitative estimate of drug-likeness (QED) is 0.806. The summed E-state index contributed by atoms with van der Waals surface area (Å²) in [5.74, 6) is 0.189. The molecular formula is C18H26N4O2. The van der Waals surface area contributed by atoms with E-state index in [0.29, 0.717) is 18.1 Å². The van der Waals surface area contributed by atoms with Gasteiger partial charge in [-0.1, -0.05) is 13.8 Å². The number of rotatable bonds is 8. The first-order chi connectivity index (χ1) is 11.5. The lowest BCUT2D eigenvalue weighted by atomic mass is 10.2. The average molecular weight is 330 g/mol. The van der Waals surface area contributed by atoms with E-state index in [4.69, 9.17) is 4.74 Å². The number of hydrogen-bond donors (Lipinski definition) is 1. The normalized spacial score (nSPS) is 10.5. The fourth-order valence-corrected chi connectivity index (χ4v) is 2.25. The third-order valence-corrected chi connectivity index (χ3v) is 3.51. The van der Waals surface area contributed by atoms with Crippen molar-refractivity contribution < 1.29 is 9.53 Å². The largest absolute Gasteiger partial charge is 0.476 e. The second-order valence-corrected chi connectivity index (χ2v) is 5.85. The van der Waals surface area contributed by atoms with E-state index in [1.807, 2.05) is 50.2 Å². The van der Waals surface area contributed by atoms with Crippen LogP contribution in [-0.2, 0) is 6.54 Å². The summed E-state index contributed by atoms with van der Waals surface area (Å²) in [6.07, 6.45) is 3.56. The van der Waals surface area contributed by atoms with Crippen LogP contribution in [0.1, 0.15) is 37.0 Å². The molecule has 0 radical (unpaired) electrons. The van der Waals surface area contributed by atoms with Gasteiger partial charge in [0, 0.05) is 38.2 Å². The number of hydrogen-bond acceptors (Lipinski definition) is 4. The van der Waals surface area contributed by atoms with Crippen LogP contribution in [0.3, 0.4) is 0 Å². The lowest BCUT2D eigenvalue weighted by Gasteiger charge is -2.13. The van der Waals surface area contributed by atoms with Crippen LogP contribution in [0.2, 0.25) is 0 Å². The molecule has 24 heavy (non-hydrogen) atoms. The summed E-state index contributed by atoms with van der Waals surface area (Å²) in [6, 6.07) is 7.70. The summed E-state index contributed by atoms with van der Waals surface area (Å²) < 4.78 is 7.38. The molecule has 0 spiro atoms. The van der Waals surface area contributed by atoms with E-state index in [2.05, 4.69) is 17.3 Å². The molecule has 0 aliphatic heterocycles. The van der Waals surface area contributed by atoms with Crippen molar-refractivity contribution >= 4 is 17.3 Å². The molecule has 130 valence electrons. The number of benzene rings is 1. The van der Waals surface area contributed by atoms with Crippen LogP contribution in [0.15, 0.2) is 30.5 Å². The van der Waals surface area contributed by atoms with Gasteiger partial charge in [-0.05, 0) is 37.1 Å². The maximum absolute atomic E-state index is 12.6. The highest BCUT2D eigenvalue weighted by atomic mass is 16.5. The first kappa shape index (κ1) is 17.8. The van der Waals surface area contributed by atoms with Crippen LogP contribution in [0.5, 0.6) is 5.88 Å². The molecule has 0 saturated heterocycles. The Balaban J connectivity index is 2.15. The van der Waals surface area contributed by atoms with Gasteiger partial charge >= 0.3 is 0 Å². The third kappa shape index (κ3) is 4.50. The predicted octanol–water partition coefficient (Wildman–Crippen LogP) is 3.40. The van der Waals surface area contributed by atoms with Gasteiger partial charge in [0.25, 0.3) is 5.91 Å². The molecule has 2 aromatic rings. The number of nitrogens with zero attached hydrogens (tertiary/aromatic N) is 3. The monoisotopic (exact) mass is 330 g/mol. The van der Waals surface area contributed by atoms with Gasteiger partial charge in [0.05, 0.1) is 6.61 Å². The van der Waals surface area contributed by atoms with E-state index in [-0.39, 0.29) is 5.91 Å². The Kier molecular flexibility index (Phi) is 6.23. The summed E-state index contributed by atoms with van der Waals surface area (Å²) >= 11 is 0. The Bertz CT molecular complexity index is 662. The minimum absolute atomic E-state index is 0.207. The third-order valence-electron chi connectivity index (χ3n) is 3.51. The van der Waals surface area contributed by atoms with Crippen molar-refractivity contribution in [2.45, 2.75) is 33.2 Å². The van der Waals surface area contributed by atoms with E-state index >= 15 is 0 Å². The van der Waals surface area contributed by atoms with Crippen molar-refractivity contribution in [3.05, 3.63) is 36.0 Å². The highest BCUT2D eigenvalue weighted by Crippen LogP contribution is 2.20. The number of aryl methyl sites for hydroxylation is 1. The molecule has 6 heteroatoms. The highest BCUT2D eigenvalue weighted by Gasteiger charge is 2.18. The molecule has 0 atom stereocenters. The van der Waals surface area contributed by atoms with Crippen molar-refractivity contribution in [3.8, 4) is 5.88 Å². The Morgan fingerprint density at radius 1 is 1.21 bits per heavy atom. The molecule has 2 rings (SSSR count). The number of carbonyl (C=O) groups is 1. The van der Waals surface area contributed by atoms with Crippen LogP contribution in [0, 0.1) is 0 Å². The summed E-state index contributed by atoms with van der Waals surface area (Å²) in [5.41, 5.74) is 2.29. The Labute approximate surface area is 143 Å². The fourth-order valence-electron chi connectivity index (χ4n) is 2.25. The molecule has 0 unspecified atom stereocenters. The molecule has 1 amide bonds. The summed E-state index contributed by atoms with van der Waals surface area (Å²) in [6.45, 7) is 5.39. The minimum Gasteiger partial charge on any atom is -0.476 e. The summed E-state index contributed by atoms with van der Waals surface area (Å²) in [5, 5.41) is 7.27. The zero-order chi connectivity index (χ0) is 17.5. The van der Waals surface area contributed by atoms with Gasteiger partial charge in [-0.3, -0.25) is 9.48 Å². The van der Waals surface area contributed by atoms with Crippen LogP contribution < -0.4 is 15.0 Å². The number of nitrogens with one attached hydrogen (secondary N) is 1. The second kappa shape index (κ2) is 8.38. The first-order valence-corrected chi connectivity index (χ1v) is 8.34. The average Bonchev–Trinajstić information content (AvgIpc) is 2.96. The van der Waals surface area contributed by atoms with Gasteiger partial charge in [-0.2, -0.15) is 0 Å². The molecule has 0 saturated carbocycles. The lowest BCUT2D eigenvalue weighted by Crippen LogP contribution is -2.13. The minimum atomic E-state index is -0.207. The van der Waals surface area contributed by atoms with E-state index in [9.17, 15) is 4.79 Å². The molecule has 1 heterocycles. The molecular weight excluding hydrogens is 304 g/mol. The SMILES string of the molecule is CCCOc1nn(CCC)cc1C(=O)Nc1ccc(N(C)C)cc1. The maximum Gasteiger partial charge on any atom is 0.262 e. The van der Waals surface area contributed by atoms with Crippen LogP contribution in [0.25, 0.3) is 0 Å². The van der Waals surface area contributed by atoms with Crippen LogP contribution >= 0.6 is 0 Å². The predicted molar refractivity (Wildman–Crippen MR) is 97.0 cm³/mol. The van der Waals surface area contributed by atoms with Gasteiger partial charge in [-0.25, -0.2) is 0 Å². The van der Waals surface area contributed by atoms with Gasteiger partial charge in [0.1, 0.15) is 5.56 Å². The van der Waals surface area contributed by atoms with Crippen LogP contribution in [0.4, 0.5) is 11.4 Å². The Morgan fingerprint density at radius 2 is 1.92 bits per heavy atom. The van der Waals surface area contributed by atoms with Crippen LogP contribution in [-0.4, -0.2) is 36.4 Å². The highest BCUT2D eigenvalue weighted by molar-refractivity contribution is 6.05. The number of carbonyl (C=O) groups excluding carboxylic acids is 1. The molecule has 1 aromatic carbocycles. The topological polar surface area (TPSA) is 59.4 Å². The summed E-state index contributed by atoms with van der Waals surface area (Å²) in [4.78, 5) is 14.6. The van der Waals surface area contributed by atoms with Crippen molar-refractivity contribution in [2.75, 3.05) is 30.9 Å². The van der Waals surface area contributed by atoms with Crippen molar-refractivity contribution in [3.63, 3.8) is 0 Å². The van der Waals surface area contributed by atoms with E-state index < -0.39 is 0 Å². The Hall–Kier alpha value is -2.50. The Morgan fingerprint density at radius 3 is 2.50 bits per heavy atom.